The number of piperidine rings is 1. The first kappa shape index (κ1) is 21.5. The summed E-state index contributed by atoms with van der Waals surface area (Å²) in [5.74, 6) is 0.237. The van der Waals surface area contributed by atoms with Gasteiger partial charge in [-0.3, -0.25) is 9.88 Å². The lowest BCUT2D eigenvalue weighted by Crippen LogP contribution is -2.34. The Hall–Kier alpha value is -3.38. The van der Waals surface area contributed by atoms with Crippen LogP contribution in [0.25, 0.3) is 21.7 Å². The summed E-state index contributed by atoms with van der Waals surface area (Å²) in [6.07, 6.45) is 6.92. The number of rotatable bonds is 5. The number of carbonyl (C=O) groups excluding carboxylic acids is 1. The fraction of sp³-hybridized carbons (Fsp3) is 0.333. The Labute approximate surface area is 192 Å². The standard InChI is InChI=1S/C27H28N2O4/c1-3-32-27(31)21-17(2)33-26-20-10-6-5-9-19(20)25(30)23(22(21)26)24(18-11-13-28-14-12-18)29-15-7-4-8-16-29/h5-6,9-14,24,30H,3-4,7-8,15-16H2,1-2H3. The number of hydrogen-bond donors (Lipinski definition) is 1. The molecule has 1 N–H and O–H groups in total. The molecule has 0 bridgehead atoms. The normalized spacial score (nSPS) is 15.7. The SMILES string of the molecule is CCOC(=O)c1c(C)oc2c1c(C(c1ccncc1)N1CCCCC1)c(O)c1ccccc12. The van der Waals surface area contributed by atoms with Crippen molar-refractivity contribution in [2.75, 3.05) is 19.7 Å². The van der Waals surface area contributed by atoms with Crippen molar-refractivity contribution >= 4 is 27.7 Å². The zero-order valence-electron chi connectivity index (χ0n) is 19.0. The molecule has 0 radical (unpaired) electrons. The van der Waals surface area contributed by atoms with Gasteiger partial charge < -0.3 is 14.3 Å². The molecule has 4 aromatic rings. The number of ether oxygens (including phenoxy) is 1. The van der Waals surface area contributed by atoms with Gasteiger partial charge in [0.25, 0.3) is 0 Å². The Bertz CT molecular complexity index is 1310. The van der Waals surface area contributed by atoms with Crippen molar-refractivity contribution in [2.45, 2.75) is 39.2 Å². The fourth-order valence-electron chi connectivity index (χ4n) is 5.14. The third-order valence-electron chi connectivity index (χ3n) is 6.57. The van der Waals surface area contributed by atoms with Gasteiger partial charge >= 0.3 is 5.97 Å². The molecule has 3 heterocycles. The van der Waals surface area contributed by atoms with Gasteiger partial charge in [0.1, 0.15) is 22.7 Å². The highest BCUT2D eigenvalue weighted by atomic mass is 16.5. The van der Waals surface area contributed by atoms with Crippen molar-refractivity contribution < 1.29 is 19.1 Å². The number of carbonyl (C=O) groups is 1. The van der Waals surface area contributed by atoms with Crippen LogP contribution in [0.3, 0.4) is 0 Å². The van der Waals surface area contributed by atoms with Crippen LogP contribution in [-0.2, 0) is 4.74 Å². The van der Waals surface area contributed by atoms with Gasteiger partial charge in [-0.25, -0.2) is 4.79 Å². The van der Waals surface area contributed by atoms with Gasteiger partial charge in [0.05, 0.1) is 12.6 Å². The number of phenols is 1. The van der Waals surface area contributed by atoms with E-state index in [0.29, 0.717) is 33.2 Å². The zero-order chi connectivity index (χ0) is 22.9. The van der Waals surface area contributed by atoms with Crippen LogP contribution in [0.4, 0.5) is 0 Å². The summed E-state index contributed by atoms with van der Waals surface area (Å²) in [5.41, 5.74) is 2.71. The van der Waals surface area contributed by atoms with Crippen molar-refractivity contribution in [3.05, 3.63) is 71.2 Å². The quantitative estimate of drug-likeness (QED) is 0.395. The molecule has 0 aliphatic carbocycles. The van der Waals surface area contributed by atoms with Crippen LogP contribution >= 0.6 is 0 Å². The lowest BCUT2D eigenvalue weighted by atomic mass is 9.88. The van der Waals surface area contributed by atoms with E-state index in [1.54, 1.807) is 26.2 Å². The smallest absolute Gasteiger partial charge is 0.342 e. The molecular weight excluding hydrogens is 416 g/mol. The van der Waals surface area contributed by atoms with Crippen LogP contribution < -0.4 is 0 Å². The number of pyridine rings is 1. The maximum Gasteiger partial charge on any atom is 0.342 e. The van der Waals surface area contributed by atoms with Crippen LogP contribution in [0, 0.1) is 6.92 Å². The summed E-state index contributed by atoms with van der Waals surface area (Å²) in [6.45, 7) is 5.65. The van der Waals surface area contributed by atoms with Gasteiger partial charge in [-0.2, -0.15) is 0 Å². The molecule has 2 aromatic heterocycles. The molecule has 6 nitrogen and oxygen atoms in total. The first-order valence-electron chi connectivity index (χ1n) is 11.6. The maximum absolute atomic E-state index is 13.1. The van der Waals surface area contributed by atoms with Crippen molar-refractivity contribution in [2.24, 2.45) is 0 Å². The van der Waals surface area contributed by atoms with E-state index in [-0.39, 0.29) is 18.4 Å². The fourth-order valence-corrected chi connectivity index (χ4v) is 5.14. The first-order chi connectivity index (χ1) is 16.1. The molecule has 5 rings (SSSR count). The van der Waals surface area contributed by atoms with Gasteiger partial charge in [-0.1, -0.05) is 30.7 Å². The van der Waals surface area contributed by atoms with Gasteiger partial charge in [0.2, 0.25) is 0 Å². The number of aromatic nitrogens is 1. The van der Waals surface area contributed by atoms with Crippen molar-refractivity contribution in [3.63, 3.8) is 0 Å². The number of benzene rings is 2. The molecule has 1 atom stereocenters. The van der Waals surface area contributed by atoms with E-state index < -0.39 is 5.97 Å². The highest BCUT2D eigenvalue weighted by molar-refractivity contribution is 6.16. The molecule has 0 amide bonds. The predicted molar refractivity (Wildman–Crippen MR) is 128 cm³/mol. The van der Waals surface area contributed by atoms with Crippen LogP contribution in [0.1, 0.15) is 59.5 Å². The number of likely N-dealkylation sites (tertiary alicyclic amines) is 1. The Morgan fingerprint density at radius 3 is 2.52 bits per heavy atom. The number of furan rings is 1. The Morgan fingerprint density at radius 1 is 1.12 bits per heavy atom. The van der Waals surface area contributed by atoms with Crippen molar-refractivity contribution in [1.82, 2.24) is 9.88 Å². The van der Waals surface area contributed by atoms with E-state index in [0.717, 1.165) is 36.9 Å². The third-order valence-corrected chi connectivity index (χ3v) is 6.57. The van der Waals surface area contributed by atoms with Crippen LogP contribution in [0.2, 0.25) is 0 Å². The number of fused-ring (bicyclic) bond motifs is 3. The molecule has 170 valence electrons. The number of aryl methyl sites for hydroxylation is 1. The second-order valence-electron chi connectivity index (χ2n) is 8.55. The highest BCUT2D eigenvalue weighted by Gasteiger charge is 2.34. The van der Waals surface area contributed by atoms with Crippen LogP contribution in [0.5, 0.6) is 5.75 Å². The predicted octanol–water partition coefficient (Wildman–Crippen LogP) is 5.75. The summed E-state index contributed by atoms with van der Waals surface area (Å²) in [6, 6.07) is 11.4. The monoisotopic (exact) mass is 444 g/mol. The largest absolute Gasteiger partial charge is 0.507 e. The minimum absolute atomic E-state index is 0.178. The minimum atomic E-state index is -0.434. The molecule has 1 aliphatic rings. The topological polar surface area (TPSA) is 75.8 Å². The number of esters is 1. The summed E-state index contributed by atoms with van der Waals surface area (Å²) >= 11 is 0. The molecule has 6 heteroatoms. The molecule has 1 aliphatic heterocycles. The molecule has 1 unspecified atom stereocenters. The van der Waals surface area contributed by atoms with Gasteiger partial charge in [0, 0.05) is 34.1 Å². The van der Waals surface area contributed by atoms with E-state index in [4.69, 9.17) is 9.15 Å². The average molecular weight is 445 g/mol. The van der Waals surface area contributed by atoms with E-state index in [1.807, 2.05) is 36.4 Å². The van der Waals surface area contributed by atoms with Gasteiger partial charge in [-0.15, -0.1) is 0 Å². The van der Waals surface area contributed by atoms with E-state index in [1.165, 1.54) is 6.42 Å². The second kappa shape index (κ2) is 8.87. The molecule has 0 saturated carbocycles. The van der Waals surface area contributed by atoms with Crippen molar-refractivity contribution in [3.8, 4) is 5.75 Å². The molecule has 2 aromatic carbocycles. The molecular formula is C27H28N2O4. The van der Waals surface area contributed by atoms with E-state index in [2.05, 4.69) is 9.88 Å². The van der Waals surface area contributed by atoms with Gasteiger partial charge in [0.15, 0.2) is 0 Å². The minimum Gasteiger partial charge on any atom is -0.507 e. The van der Waals surface area contributed by atoms with Crippen LogP contribution in [0.15, 0.2) is 53.2 Å². The Morgan fingerprint density at radius 2 is 1.82 bits per heavy atom. The summed E-state index contributed by atoms with van der Waals surface area (Å²) in [4.78, 5) is 19.7. The summed E-state index contributed by atoms with van der Waals surface area (Å²) in [5, 5.41) is 13.8. The zero-order valence-corrected chi connectivity index (χ0v) is 19.0. The molecule has 1 fully saturated rings. The number of nitrogens with zero attached hydrogens (tertiary/aromatic N) is 2. The Balaban J connectivity index is 1.89. The third kappa shape index (κ3) is 3.64. The molecule has 0 spiro atoms. The van der Waals surface area contributed by atoms with Crippen molar-refractivity contribution in [1.29, 1.82) is 0 Å². The number of aromatic hydroxyl groups is 1. The van der Waals surface area contributed by atoms with Gasteiger partial charge in [-0.05, 0) is 57.5 Å². The second-order valence-corrected chi connectivity index (χ2v) is 8.55. The highest BCUT2D eigenvalue weighted by Crippen LogP contribution is 2.47. The number of phenolic OH excluding ortho intramolecular Hbond substituents is 1. The van der Waals surface area contributed by atoms with Crippen LogP contribution in [-0.4, -0.2) is 40.7 Å². The number of hydrogen-bond acceptors (Lipinski definition) is 6. The Kier molecular flexibility index (Phi) is 5.77. The maximum atomic E-state index is 13.1. The lowest BCUT2D eigenvalue weighted by molar-refractivity contribution is 0.0526. The lowest BCUT2D eigenvalue weighted by Gasteiger charge is -2.36. The van der Waals surface area contributed by atoms with E-state index >= 15 is 0 Å². The average Bonchev–Trinajstić information content (AvgIpc) is 3.20. The summed E-state index contributed by atoms with van der Waals surface area (Å²) in [7, 11) is 0. The molecule has 33 heavy (non-hydrogen) atoms. The first-order valence-corrected chi connectivity index (χ1v) is 11.6. The molecule has 1 saturated heterocycles. The summed E-state index contributed by atoms with van der Waals surface area (Å²) < 4.78 is 11.6. The van der Waals surface area contributed by atoms with E-state index in [9.17, 15) is 9.90 Å².